The van der Waals surface area contributed by atoms with Crippen LogP contribution in [-0.4, -0.2) is 21.8 Å². The molecule has 0 atom stereocenters. The Morgan fingerprint density at radius 3 is 1.40 bits per heavy atom. The van der Waals surface area contributed by atoms with Crippen LogP contribution in [0.2, 0.25) is 0 Å². The van der Waals surface area contributed by atoms with Gasteiger partial charge in [-0.1, -0.05) is 108 Å². The zero-order valence-electron chi connectivity index (χ0n) is 26.8. The molecule has 6 nitrogen and oxygen atoms in total. The lowest BCUT2D eigenvalue weighted by atomic mass is 10.0. The SMILES string of the molecule is Cc1cccc(-c2cc(C(=O)NCc3cccc(CNC(=O)c4cc(-c5cccc(C)c5)nc5ccccc45)c3)c3ccccc3n2)c1. The highest BCUT2D eigenvalue weighted by molar-refractivity contribution is 6.08. The van der Waals surface area contributed by atoms with E-state index in [1.54, 1.807) is 0 Å². The van der Waals surface area contributed by atoms with Crippen molar-refractivity contribution in [1.29, 1.82) is 0 Å². The van der Waals surface area contributed by atoms with Crippen molar-refractivity contribution < 1.29 is 9.59 Å². The van der Waals surface area contributed by atoms with E-state index in [1.165, 1.54) is 0 Å². The van der Waals surface area contributed by atoms with Gasteiger partial charge in [0.05, 0.1) is 33.5 Å². The molecule has 6 heteroatoms. The summed E-state index contributed by atoms with van der Waals surface area (Å²) in [4.78, 5) is 36.9. The fourth-order valence-electron chi connectivity index (χ4n) is 6.04. The van der Waals surface area contributed by atoms with Crippen LogP contribution in [0.25, 0.3) is 44.3 Å². The number of para-hydroxylation sites is 2. The lowest BCUT2D eigenvalue weighted by Crippen LogP contribution is -2.24. The first kappa shape index (κ1) is 30.5. The van der Waals surface area contributed by atoms with Crippen molar-refractivity contribution in [2.45, 2.75) is 26.9 Å². The number of fused-ring (bicyclic) bond motifs is 2. The van der Waals surface area contributed by atoms with Crippen LogP contribution in [0.1, 0.15) is 43.0 Å². The summed E-state index contributed by atoms with van der Waals surface area (Å²) in [6.07, 6.45) is 0. The molecule has 0 fully saturated rings. The van der Waals surface area contributed by atoms with Crippen LogP contribution in [0.5, 0.6) is 0 Å². The third kappa shape index (κ3) is 6.55. The van der Waals surface area contributed by atoms with E-state index >= 15 is 0 Å². The first-order valence-electron chi connectivity index (χ1n) is 16.0. The number of hydrogen-bond donors (Lipinski definition) is 2. The Balaban J connectivity index is 1.07. The Morgan fingerprint density at radius 1 is 0.500 bits per heavy atom. The number of pyridine rings is 2. The molecule has 0 saturated heterocycles. The standard InChI is InChI=1S/C42H34N4O2/c1-27-10-7-14-31(20-27)39-23-35(33-16-3-5-18-37(33)45-39)41(47)43-25-29-12-9-13-30(22-29)26-44-42(48)36-24-40(32-15-8-11-28(2)21-32)46-38-19-6-4-17-34(36)38/h3-24H,25-26H2,1-2H3,(H,43,47)(H,44,48). The minimum absolute atomic E-state index is 0.171. The predicted molar refractivity (Wildman–Crippen MR) is 193 cm³/mol. The molecule has 2 amide bonds. The van der Waals surface area contributed by atoms with Crippen molar-refractivity contribution in [3.63, 3.8) is 0 Å². The predicted octanol–water partition coefficient (Wildman–Crippen LogP) is 8.59. The van der Waals surface area contributed by atoms with Gasteiger partial charge in [-0.25, -0.2) is 9.97 Å². The number of nitrogens with zero attached hydrogens (tertiary/aromatic N) is 2. The highest BCUT2D eigenvalue weighted by Gasteiger charge is 2.16. The third-order valence-corrected chi connectivity index (χ3v) is 8.45. The summed E-state index contributed by atoms with van der Waals surface area (Å²) in [5.41, 5.74) is 10.3. The van der Waals surface area contributed by atoms with Crippen LogP contribution >= 0.6 is 0 Å². The Labute approximate surface area is 279 Å². The lowest BCUT2D eigenvalue weighted by Gasteiger charge is -2.13. The molecular weight excluding hydrogens is 592 g/mol. The fourth-order valence-corrected chi connectivity index (χ4v) is 6.04. The van der Waals surface area contributed by atoms with Gasteiger partial charge in [0.2, 0.25) is 0 Å². The van der Waals surface area contributed by atoms with E-state index in [9.17, 15) is 9.59 Å². The zero-order chi connectivity index (χ0) is 33.0. The van der Waals surface area contributed by atoms with E-state index in [-0.39, 0.29) is 11.8 Å². The summed E-state index contributed by atoms with van der Waals surface area (Å²) in [6, 6.07) is 43.3. The molecule has 7 rings (SSSR count). The Hall–Kier alpha value is -6.14. The van der Waals surface area contributed by atoms with Crippen LogP contribution in [0.15, 0.2) is 133 Å². The molecular formula is C42H34N4O2. The van der Waals surface area contributed by atoms with E-state index in [0.29, 0.717) is 24.2 Å². The number of aromatic nitrogens is 2. The molecule has 0 aliphatic heterocycles. The Kier molecular flexibility index (Phi) is 8.46. The molecule has 2 heterocycles. The maximum absolute atomic E-state index is 13.6. The monoisotopic (exact) mass is 626 g/mol. The summed E-state index contributed by atoms with van der Waals surface area (Å²) in [5.74, 6) is -0.342. The van der Waals surface area contributed by atoms with Gasteiger partial charge in [0.25, 0.3) is 11.8 Å². The number of hydrogen-bond acceptors (Lipinski definition) is 4. The van der Waals surface area contributed by atoms with Crippen molar-refractivity contribution in [2.24, 2.45) is 0 Å². The van der Waals surface area contributed by atoms with Crippen molar-refractivity contribution in [3.05, 3.63) is 167 Å². The first-order valence-corrected chi connectivity index (χ1v) is 16.0. The molecule has 7 aromatic rings. The van der Waals surface area contributed by atoms with E-state index in [4.69, 9.17) is 9.97 Å². The Morgan fingerprint density at radius 2 is 0.938 bits per heavy atom. The highest BCUT2D eigenvalue weighted by atomic mass is 16.2. The molecule has 0 bridgehead atoms. The van der Waals surface area contributed by atoms with Gasteiger partial charge < -0.3 is 10.6 Å². The van der Waals surface area contributed by atoms with Crippen LogP contribution < -0.4 is 10.6 Å². The van der Waals surface area contributed by atoms with Gasteiger partial charge >= 0.3 is 0 Å². The second-order valence-electron chi connectivity index (χ2n) is 12.1. The lowest BCUT2D eigenvalue weighted by molar-refractivity contribution is 0.0945. The van der Waals surface area contributed by atoms with Crippen molar-refractivity contribution in [3.8, 4) is 22.5 Å². The quantitative estimate of drug-likeness (QED) is 0.177. The maximum atomic E-state index is 13.6. The van der Waals surface area contributed by atoms with Crippen LogP contribution in [0.3, 0.4) is 0 Å². The minimum atomic E-state index is -0.171. The average molecular weight is 627 g/mol. The van der Waals surface area contributed by atoms with E-state index in [0.717, 1.165) is 66.6 Å². The maximum Gasteiger partial charge on any atom is 0.252 e. The largest absolute Gasteiger partial charge is 0.348 e. The molecule has 234 valence electrons. The van der Waals surface area contributed by atoms with Gasteiger partial charge in [0, 0.05) is 35.0 Å². The zero-order valence-corrected chi connectivity index (χ0v) is 26.8. The van der Waals surface area contributed by atoms with Crippen molar-refractivity contribution in [1.82, 2.24) is 20.6 Å². The molecule has 0 spiro atoms. The van der Waals surface area contributed by atoms with Gasteiger partial charge in [0.15, 0.2) is 0 Å². The van der Waals surface area contributed by atoms with Crippen molar-refractivity contribution in [2.75, 3.05) is 0 Å². The number of rotatable bonds is 8. The van der Waals surface area contributed by atoms with Gasteiger partial charge in [0.1, 0.15) is 0 Å². The summed E-state index contributed by atoms with van der Waals surface area (Å²) >= 11 is 0. The second-order valence-corrected chi connectivity index (χ2v) is 12.1. The van der Waals surface area contributed by atoms with Crippen molar-refractivity contribution >= 4 is 33.6 Å². The molecule has 0 saturated carbocycles. The van der Waals surface area contributed by atoms with Gasteiger partial charge in [-0.3, -0.25) is 9.59 Å². The number of aryl methyl sites for hydroxylation is 2. The second kappa shape index (κ2) is 13.3. The number of carbonyl (C=O) groups excluding carboxylic acids is 2. The average Bonchev–Trinajstić information content (AvgIpc) is 3.12. The summed E-state index contributed by atoms with van der Waals surface area (Å²) < 4.78 is 0. The van der Waals surface area contributed by atoms with Crippen LogP contribution in [0.4, 0.5) is 0 Å². The Bertz CT molecular complexity index is 2170. The van der Waals surface area contributed by atoms with Crippen LogP contribution in [0, 0.1) is 13.8 Å². The molecule has 2 N–H and O–H groups in total. The third-order valence-electron chi connectivity index (χ3n) is 8.45. The number of amides is 2. The summed E-state index contributed by atoms with van der Waals surface area (Å²) in [7, 11) is 0. The topological polar surface area (TPSA) is 84.0 Å². The molecule has 48 heavy (non-hydrogen) atoms. The smallest absolute Gasteiger partial charge is 0.252 e. The highest BCUT2D eigenvalue weighted by Crippen LogP contribution is 2.27. The molecule has 0 radical (unpaired) electrons. The fraction of sp³-hybridized carbons (Fsp3) is 0.0952. The van der Waals surface area contributed by atoms with Gasteiger partial charge in [-0.05, 0) is 61.4 Å². The minimum Gasteiger partial charge on any atom is -0.348 e. The first-order chi connectivity index (χ1) is 23.4. The normalized spacial score (nSPS) is 11.0. The van der Waals surface area contributed by atoms with E-state index in [2.05, 4.69) is 22.8 Å². The number of benzene rings is 5. The number of carbonyl (C=O) groups is 2. The van der Waals surface area contributed by atoms with Crippen LogP contribution in [-0.2, 0) is 13.1 Å². The summed E-state index contributed by atoms with van der Waals surface area (Å²) in [6.45, 7) is 4.76. The molecule has 0 aliphatic carbocycles. The number of nitrogens with one attached hydrogen (secondary N) is 2. The summed E-state index contributed by atoms with van der Waals surface area (Å²) in [5, 5.41) is 7.81. The van der Waals surface area contributed by atoms with E-state index < -0.39 is 0 Å². The molecule has 0 aliphatic rings. The van der Waals surface area contributed by atoms with Gasteiger partial charge in [-0.15, -0.1) is 0 Å². The molecule has 0 unspecified atom stereocenters. The molecule has 5 aromatic carbocycles. The molecule has 2 aromatic heterocycles. The van der Waals surface area contributed by atoms with Gasteiger partial charge in [-0.2, -0.15) is 0 Å². The van der Waals surface area contributed by atoms with E-state index in [1.807, 2.05) is 135 Å².